The zero-order valence-electron chi connectivity index (χ0n) is 15.7. The zero-order valence-corrected chi connectivity index (χ0v) is 15.7. The predicted octanol–water partition coefficient (Wildman–Crippen LogP) is 3.28. The first-order valence-electron chi connectivity index (χ1n) is 8.59. The number of carbonyl (C=O) groups is 1. The third kappa shape index (κ3) is 3.95. The fourth-order valence-corrected chi connectivity index (χ4v) is 2.89. The Hall–Kier alpha value is -4.22. The van der Waals surface area contributed by atoms with Crippen molar-refractivity contribution in [1.29, 1.82) is 0 Å². The van der Waals surface area contributed by atoms with Crippen LogP contribution in [0.2, 0.25) is 0 Å². The SMILES string of the molecule is COc1cc(C2=N/C(=C/c3cc4c(cc3[N+](=O)[O-])OCO4)C(=O)O2)ccc1OC(F)F. The van der Waals surface area contributed by atoms with Gasteiger partial charge in [-0.3, -0.25) is 10.1 Å². The zero-order chi connectivity index (χ0) is 22.1. The second kappa shape index (κ2) is 7.89. The highest BCUT2D eigenvalue weighted by Gasteiger charge is 2.28. The van der Waals surface area contributed by atoms with Gasteiger partial charge in [-0.1, -0.05) is 0 Å². The molecule has 0 saturated carbocycles. The lowest BCUT2D eigenvalue weighted by atomic mass is 10.1. The van der Waals surface area contributed by atoms with Crippen LogP contribution in [-0.4, -0.2) is 37.3 Å². The molecule has 31 heavy (non-hydrogen) atoms. The highest BCUT2D eigenvalue weighted by molar-refractivity contribution is 6.13. The minimum absolute atomic E-state index is 0.0274. The van der Waals surface area contributed by atoms with Crippen molar-refractivity contribution in [3.05, 3.63) is 57.3 Å². The lowest BCUT2D eigenvalue weighted by Gasteiger charge is -2.10. The molecule has 2 aliphatic heterocycles. The van der Waals surface area contributed by atoms with Gasteiger partial charge in [-0.15, -0.1) is 0 Å². The van der Waals surface area contributed by atoms with Gasteiger partial charge >= 0.3 is 12.6 Å². The Kier molecular flexibility index (Phi) is 5.11. The summed E-state index contributed by atoms with van der Waals surface area (Å²) < 4.78 is 49.8. The van der Waals surface area contributed by atoms with Crippen molar-refractivity contribution in [2.24, 2.45) is 4.99 Å². The molecule has 0 N–H and O–H groups in total. The number of carbonyl (C=O) groups excluding carboxylic acids is 1. The van der Waals surface area contributed by atoms with E-state index in [2.05, 4.69) is 9.73 Å². The summed E-state index contributed by atoms with van der Waals surface area (Å²) in [5.74, 6) is -0.730. The van der Waals surface area contributed by atoms with Gasteiger partial charge in [-0.05, 0) is 30.3 Å². The van der Waals surface area contributed by atoms with Crippen LogP contribution >= 0.6 is 0 Å². The molecule has 12 heteroatoms. The van der Waals surface area contributed by atoms with Crippen LogP contribution in [0.3, 0.4) is 0 Å². The van der Waals surface area contributed by atoms with E-state index in [0.717, 1.165) is 0 Å². The van der Waals surface area contributed by atoms with Gasteiger partial charge in [-0.25, -0.2) is 9.79 Å². The molecular formula is C19H12F2N2O8. The van der Waals surface area contributed by atoms with E-state index in [-0.39, 0.29) is 58.2 Å². The largest absolute Gasteiger partial charge is 0.493 e. The molecule has 0 fully saturated rings. The number of aliphatic imine (C=N–C) groups is 1. The number of hydrogen-bond acceptors (Lipinski definition) is 9. The number of methoxy groups -OCH3 is 1. The molecule has 0 aromatic heterocycles. The molecule has 0 aliphatic carbocycles. The first-order chi connectivity index (χ1) is 14.9. The summed E-state index contributed by atoms with van der Waals surface area (Å²) in [5.41, 5.74) is -0.216. The topological polar surface area (TPSA) is 119 Å². The quantitative estimate of drug-likeness (QED) is 0.294. The maximum Gasteiger partial charge on any atom is 0.387 e. The maximum absolute atomic E-state index is 12.5. The summed E-state index contributed by atoms with van der Waals surface area (Å²) in [6.07, 6.45) is 1.18. The van der Waals surface area contributed by atoms with Crippen molar-refractivity contribution in [2.45, 2.75) is 6.61 Å². The van der Waals surface area contributed by atoms with Crippen molar-refractivity contribution in [3.8, 4) is 23.0 Å². The van der Waals surface area contributed by atoms with Crippen molar-refractivity contribution in [1.82, 2.24) is 0 Å². The summed E-state index contributed by atoms with van der Waals surface area (Å²) in [5, 5.41) is 11.4. The average Bonchev–Trinajstić information content (AvgIpc) is 3.33. The van der Waals surface area contributed by atoms with E-state index in [9.17, 15) is 23.7 Å². The van der Waals surface area contributed by atoms with Crippen LogP contribution in [0.25, 0.3) is 6.08 Å². The summed E-state index contributed by atoms with van der Waals surface area (Å²) in [6, 6.07) is 6.40. The Morgan fingerprint density at radius 3 is 2.61 bits per heavy atom. The van der Waals surface area contributed by atoms with Crippen LogP contribution in [-0.2, 0) is 9.53 Å². The fraction of sp³-hybridized carbons (Fsp3) is 0.158. The molecule has 4 rings (SSSR count). The normalized spacial score (nSPS) is 15.8. The van der Waals surface area contributed by atoms with Gasteiger partial charge in [0.2, 0.25) is 12.7 Å². The smallest absolute Gasteiger partial charge is 0.387 e. The van der Waals surface area contributed by atoms with Gasteiger partial charge < -0.3 is 23.7 Å². The second-order valence-electron chi connectivity index (χ2n) is 6.10. The van der Waals surface area contributed by atoms with Crippen LogP contribution in [0.1, 0.15) is 11.1 Å². The number of halogens is 2. The molecule has 0 bridgehead atoms. The van der Waals surface area contributed by atoms with E-state index >= 15 is 0 Å². The van der Waals surface area contributed by atoms with Crippen LogP contribution in [0.5, 0.6) is 23.0 Å². The number of fused-ring (bicyclic) bond motifs is 1. The molecule has 10 nitrogen and oxygen atoms in total. The van der Waals surface area contributed by atoms with Gasteiger partial charge in [0.05, 0.1) is 23.7 Å². The van der Waals surface area contributed by atoms with Crippen LogP contribution in [0.15, 0.2) is 41.0 Å². The Morgan fingerprint density at radius 2 is 1.94 bits per heavy atom. The number of nitro benzene ring substituents is 1. The van der Waals surface area contributed by atoms with Crippen molar-refractivity contribution in [2.75, 3.05) is 13.9 Å². The number of hydrogen-bond donors (Lipinski definition) is 0. The Labute approximate surface area is 172 Å². The van der Waals surface area contributed by atoms with Crippen molar-refractivity contribution < 1.29 is 42.2 Å². The number of esters is 1. The number of cyclic esters (lactones) is 1. The van der Waals surface area contributed by atoms with Crippen LogP contribution in [0.4, 0.5) is 14.5 Å². The molecule has 2 aromatic rings. The predicted molar refractivity (Wildman–Crippen MR) is 99.5 cm³/mol. The standard InChI is InChI=1S/C19H12F2N2O8/c1-27-14-5-9(2-3-13(14)30-19(20)21)17-22-11(18(24)31-17)4-10-6-15-16(29-8-28-15)7-12(10)23(25)26/h2-7,19H,8H2,1H3/b11-4+. The first kappa shape index (κ1) is 20.1. The Morgan fingerprint density at radius 1 is 1.19 bits per heavy atom. The number of nitrogens with zero attached hydrogens (tertiary/aromatic N) is 2. The van der Waals surface area contributed by atoms with Crippen LogP contribution in [0, 0.1) is 10.1 Å². The van der Waals surface area contributed by atoms with Gasteiger partial charge in [-0.2, -0.15) is 8.78 Å². The lowest BCUT2D eigenvalue weighted by molar-refractivity contribution is -0.385. The molecule has 0 amide bonds. The van der Waals surface area contributed by atoms with Gasteiger partial charge in [0.1, 0.15) is 0 Å². The van der Waals surface area contributed by atoms with Crippen LogP contribution < -0.4 is 18.9 Å². The number of alkyl halides is 2. The monoisotopic (exact) mass is 434 g/mol. The number of benzene rings is 2. The van der Waals surface area contributed by atoms with E-state index in [4.69, 9.17) is 18.9 Å². The van der Waals surface area contributed by atoms with Gasteiger partial charge in [0.25, 0.3) is 5.69 Å². The molecule has 0 saturated heterocycles. The fourth-order valence-electron chi connectivity index (χ4n) is 2.89. The lowest BCUT2D eigenvalue weighted by Crippen LogP contribution is -2.07. The van der Waals surface area contributed by atoms with Crippen molar-refractivity contribution in [3.63, 3.8) is 0 Å². The second-order valence-corrected chi connectivity index (χ2v) is 6.10. The highest BCUT2D eigenvalue weighted by atomic mass is 19.3. The van der Waals surface area contributed by atoms with E-state index in [1.165, 1.54) is 43.5 Å². The van der Waals surface area contributed by atoms with Gasteiger partial charge in [0, 0.05) is 5.56 Å². The first-order valence-corrected chi connectivity index (χ1v) is 8.59. The number of nitro groups is 1. The number of rotatable bonds is 6. The molecule has 2 aromatic carbocycles. The van der Waals surface area contributed by atoms with E-state index in [1.54, 1.807) is 0 Å². The Bertz CT molecular complexity index is 1150. The molecule has 0 radical (unpaired) electrons. The molecular weight excluding hydrogens is 422 g/mol. The third-order valence-corrected chi connectivity index (χ3v) is 4.26. The minimum Gasteiger partial charge on any atom is -0.493 e. The minimum atomic E-state index is -3.05. The van der Waals surface area contributed by atoms with E-state index in [0.29, 0.717) is 0 Å². The summed E-state index contributed by atoms with van der Waals surface area (Å²) in [6.45, 7) is -3.13. The molecule has 2 aliphatic rings. The Balaban J connectivity index is 1.70. The van der Waals surface area contributed by atoms with Gasteiger partial charge in [0.15, 0.2) is 28.7 Å². The summed E-state index contributed by atoms with van der Waals surface area (Å²) in [4.78, 5) is 27.1. The van der Waals surface area contributed by atoms with Crippen molar-refractivity contribution >= 4 is 23.6 Å². The molecule has 2 heterocycles. The van der Waals surface area contributed by atoms with E-state index in [1.807, 2.05) is 0 Å². The number of ether oxygens (including phenoxy) is 5. The molecule has 0 unspecified atom stereocenters. The molecule has 0 atom stereocenters. The molecule has 0 spiro atoms. The third-order valence-electron chi connectivity index (χ3n) is 4.26. The maximum atomic E-state index is 12.5. The molecule has 160 valence electrons. The average molecular weight is 434 g/mol. The summed E-state index contributed by atoms with van der Waals surface area (Å²) in [7, 11) is 1.25. The van der Waals surface area contributed by atoms with E-state index < -0.39 is 17.5 Å². The summed E-state index contributed by atoms with van der Waals surface area (Å²) >= 11 is 0. The highest BCUT2D eigenvalue weighted by Crippen LogP contribution is 2.39.